The first-order valence-electron chi connectivity index (χ1n) is 5.06. The molecule has 0 radical (unpaired) electrons. The molecule has 2 aliphatic rings. The Labute approximate surface area is 88.7 Å². The Hall–Kier alpha value is -2.02. The fraction of sp³-hybridized carbons (Fsp3) is 0. The zero-order chi connectivity index (χ0) is 10.1. The molecule has 2 aliphatic heterocycles. The van der Waals surface area contributed by atoms with Crippen LogP contribution in [0.1, 0.15) is 0 Å². The van der Waals surface area contributed by atoms with Crippen molar-refractivity contribution in [3.8, 4) is 0 Å². The molecule has 0 N–H and O–H groups in total. The van der Waals surface area contributed by atoms with E-state index in [0.29, 0.717) is 0 Å². The Kier molecular flexibility index (Phi) is 1.82. The molecule has 0 fully saturated rings. The van der Waals surface area contributed by atoms with Crippen LogP contribution in [-0.2, 0) is 0 Å². The smallest absolute Gasteiger partial charge is 0.0527 e. The van der Waals surface area contributed by atoms with Crippen LogP contribution in [0.25, 0.3) is 11.8 Å². The first kappa shape index (κ1) is 8.30. The predicted molar refractivity (Wildman–Crippen MR) is 62.8 cm³/mol. The van der Waals surface area contributed by atoms with Crippen molar-refractivity contribution in [2.24, 2.45) is 0 Å². The van der Waals surface area contributed by atoms with Crippen molar-refractivity contribution in [2.45, 2.75) is 0 Å². The summed E-state index contributed by atoms with van der Waals surface area (Å²) in [4.78, 5) is 2.14. The Morgan fingerprint density at radius 1 is 0.867 bits per heavy atom. The summed E-state index contributed by atoms with van der Waals surface area (Å²) in [5.74, 6) is 0. The summed E-state index contributed by atoms with van der Waals surface area (Å²) < 4.78 is 0. The zero-order valence-corrected chi connectivity index (χ0v) is 8.30. The number of fused-ring (bicyclic) bond motifs is 2. The molecule has 1 heteroatoms. The van der Waals surface area contributed by atoms with Crippen molar-refractivity contribution in [2.75, 3.05) is 0 Å². The first-order valence-corrected chi connectivity index (χ1v) is 5.06. The van der Waals surface area contributed by atoms with E-state index in [0.717, 1.165) is 0 Å². The Balaban J connectivity index is 2.43. The Morgan fingerprint density at radius 2 is 1.73 bits per heavy atom. The molecular formula is C14H11N. The maximum Gasteiger partial charge on any atom is 0.0527 e. The van der Waals surface area contributed by atoms with Crippen LogP contribution in [0.4, 0.5) is 0 Å². The van der Waals surface area contributed by atoms with E-state index in [9.17, 15) is 0 Å². The molecule has 0 saturated carbocycles. The normalized spacial score (nSPS) is 16.8. The zero-order valence-electron chi connectivity index (χ0n) is 8.30. The van der Waals surface area contributed by atoms with Gasteiger partial charge in [-0.1, -0.05) is 36.4 Å². The van der Waals surface area contributed by atoms with E-state index in [2.05, 4.69) is 65.9 Å². The number of rotatable bonds is 0. The number of nitrogens with zero attached hydrogens (tertiary/aromatic N) is 1. The third kappa shape index (κ3) is 1.33. The average Bonchev–Trinajstić information content (AvgIpc) is 2.48. The molecule has 1 nitrogen and oxygen atoms in total. The molecule has 72 valence electrons. The highest BCUT2D eigenvalue weighted by molar-refractivity contribution is 5.62. The van der Waals surface area contributed by atoms with E-state index in [1.54, 1.807) is 0 Å². The standard InChI is InChI=1S/C14H11N/c1-2-8-13-12(6-1)7-5-11-15-10-4-3-9-14(13)15/h1-11H. The van der Waals surface area contributed by atoms with Gasteiger partial charge in [0.25, 0.3) is 0 Å². The Bertz CT molecular complexity index is 588. The van der Waals surface area contributed by atoms with Crippen molar-refractivity contribution >= 4 is 11.8 Å². The van der Waals surface area contributed by atoms with Gasteiger partial charge in [-0.3, -0.25) is 0 Å². The number of hydrogen-bond donors (Lipinski definition) is 0. The molecule has 0 aromatic heterocycles. The first-order chi connectivity index (χ1) is 7.45. The van der Waals surface area contributed by atoms with Crippen LogP contribution < -0.4 is 10.4 Å². The summed E-state index contributed by atoms with van der Waals surface area (Å²) in [6.45, 7) is 0. The van der Waals surface area contributed by atoms with Crippen LogP contribution in [0.2, 0.25) is 0 Å². The highest BCUT2D eigenvalue weighted by Gasteiger charge is 2.05. The van der Waals surface area contributed by atoms with Gasteiger partial charge in [0.15, 0.2) is 0 Å². The lowest BCUT2D eigenvalue weighted by molar-refractivity contribution is 0.720. The van der Waals surface area contributed by atoms with E-state index in [-0.39, 0.29) is 0 Å². The molecule has 0 spiro atoms. The molecule has 1 aromatic rings. The summed E-state index contributed by atoms with van der Waals surface area (Å²) in [6.07, 6.45) is 14.6. The summed E-state index contributed by atoms with van der Waals surface area (Å²) in [5.41, 5.74) is 1.23. The number of allylic oxidation sites excluding steroid dienone is 3. The van der Waals surface area contributed by atoms with Crippen LogP contribution in [0.3, 0.4) is 0 Å². The van der Waals surface area contributed by atoms with Gasteiger partial charge in [0.1, 0.15) is 0 Å². The average molecular weight is 193 g/mol. The van der Waals surface area contributed by atoms with Gasteiger partial charge in [-0.25, -0.2) is 0 Å². The minimum Gasteiger partial charge on any atom is -0.323 e. The van der Waals surface area contributed by atoms with Crippen molar-refractivity contribution in [3.63, 3.8) is 0 Å². The quantitative estimate of drug-likeness (QED) is 0.603. The van der Waals surface area contributed by atoms with E-state index in [1.807, 2.05) is 6.08 Å². The van der Waals surface area contributed by atoms with Gasteiger partial charge in [-0.15, -0.1) is 0 Å². The lowest BCUT2D eigenvalue weighted by Crippen LogP contribution is -2.29. The molecule has 0 bridgehead atoms. The lowest BCUT2D eigenvalue weighted by atomic mass is 10.1. The minimum absolute atomic E-state index is 1.23. The third-order valence-electron chi connectivity index (χ3n) is 2.65. The van der Waals surface area contributed by atoms with Gasteiger partial charge in [-0.2, -0.15) is 0 Å². The fourth-order valence-corrected chi connectivity index (χ4v) is 1.93. The highest BCUT2D eigenvalue weighted by Crippen LogP contribution is 2.12. The molecule has 15 heavy (non-hydrogen) atoms. The number of hydrogen-bond acceptors (Lipinski definition) is 1. The monoisotopic (exact) mass is 193 g/mol. The van der Waals surface area contributed by atoms with E-state index >= 15 is 0 Å². The molecule has 1 aromatic carbocycles. The predicted octanol–water partition coefficient (Wildman–Crippen LogP) is 1.49. The maximum atomic E-state index is 2.16. The summed E-state index contributed by atoms with van der Waals surface area (Å²) in [7, 11) is 0. The molecule has 3 rings (SSSR count). The van der Waals surface area contributed by atoms with Crippen molar-refractivity contribution in [1.29, 1.82) is 0 Å². The van der Waals surface area contributed by atoms with Crippen molar-refractivity contribution < 1.29 is 0 Å². The molecule has 2 heterocycles. The second-order valence-electron chi connectivity index (χ2n) is 3.59. The molecule has 0 unspecified atom stereocenters. The third-order valence-corrected chi connectivity index (χ3v) is 2.65. The fourth-order valence-electron chi connectivity index (χ4n) is 1.93. The summed E-state index contributed by atoms with van der Waals surface area (Å²) in [6, 6.07) is 8.45. The molecule has 0 amide bonds. The van der Waals surface area contributed by atoms with Gasteiger partial charge in [0, 0.05) is 17.6 Å². The highest BCUT2D eigenvalue weighted by atomic mass is 15.1. The second kappa shape index (κ2) is 3.28. The van der Waals surface area contributed by atoms with Gasteiger partial charge >= 0.3 is 0 Å². The molecule has 0 aliphatic carbocycles. The topological polar surface area (TPSA) is 3.24 Å². The minimum atomic E-state index is 1.23. The van der Waals surface area contributed by atoms with Crippen LogP contribution in [0, 0.1) is 0 Å². The maximum absolute atomic E-state index is 2.16. The Morgan fingerprint density at radius 3 is 2.73 bits per heavy atom. The largest absolute Gasteiger partial charge is 0.323 e. The van der Waals surface area contributed by atoms with Gasteiger partial charge in [-0.05, 0) is 23.4 Å². The van der Waals surface area contributed by atoms with Gasteiger partial charge < -0.3 is 4.90 Å². The second-order valence-corrected chi connectivity index (χ2v) is 3.59. The SMILES string of the molecule is C1=CC2=c3ccccc3=CC=CN2C=C1. The molecular weight excluding hydrogens is 182 g/mol. The van der Waals surface area contributed by atoms with E-state index < -0.39 is 0 Å². The summed E-state index contributed by atoms with van der Waals surface area (Å²) in [5, 5.41) is 2.55. The van der Waals surface area contributed by atoms with Gasteiger partial charge in [0.05, 0.1) is 5.70 Å². The van der Waals surface area contributed by atoms with Gasteiger partial charge in [0.2, 0.25) is 0 Å². The van der Waals surface area contributed by atoms with Crippen LogP contribution in [0.15, 0.2) is 61.0 Å². The number of benzene rings is 1. The van der Waals surface area contributed by atoms with Crippen LogP contribution in [0.5, 0.6) is 0 Å². The van der Waals surface area contributed by atoms with Crippen LogP contribution in [-0.4, -0.2) is 4.90 Å². The van der Waals surface area contributed by atoms with Crippen LogP contribution >= 0.6 is 0 Å². The lowest BCUT2D eigenvalue weighted by Gasteiger charge is -2.18. The van der Waals surface area contributed by atoms with E-state index in [1.165, 1.54) is 16.1 Å². The molecule has 0 saturated heterocycles. The summed E-state index contributed by atoms with van der Waals surface area (Å²) >= 11 is 0. The van der Waals surface area contributed by atoms with Crippen molar-refractivity contribution in [3.05, 3.63) is 71.4 Å². The van der Waals surface area contributed by atoms with E-state index in [4.69, 9.17) is 0 Å². The van der Waals surface area contributed by atoms with Crippen molar-refractivity contribution in [1.82, 2.24) is 4.90 Å². The molecule has 0 atom stereocenters.